The molecule has 0 unspecified atom stereocenters. The van der Waals surface area contributed by atoms with Gasteiger partial charge in [-0.05, 0) is 31.5 Å². The highest BCUT2D eigenvalue weighted by molar-refractivity contribution is 6.14. The normalized spacial score (nSPS) is 12.2. The number of aryl methyl sites for hydroxylation is 2. The molecule has 0 spiro atoms. The molecule has 0 radical (unpaired) electrons. The van der Waals surface area contributed by atoms with Gasteiger partial charge in [0.15, 0.2) is 5.82 Å². The second kappa shape index (κ2) is 8.39. The minimum atomic E-state index is -0.509. The Balaban J connectivity index is 1.76. The van der Waals surface area contributed by atoms with Crippen LogP contribution in [-0.2, 0) is 7.05 Å². The topological polar surface area (TPSA) is 120 Å². The van der Waals surface area contributed by atoms with Crippen molar-refractivity contribution in [1.82, 2.24) is 19.7 Å². The van der Waals surface area contributed by atoms with Gasteiger partial charge in [-0.15, -0.1) is 0 Å². The summed E-state index contributed by atoms with van der Waals surface area (Å²) in [5.74, 6) is -0.939. The van der Waals surface area contributed by atoms with E-state index in [1.165, 1.54) is 17.9 Å². The maximum atomic E-state index is 14.6. The lowest BCUT2D eigenvalue weighted by Gasteiger charge is -2.15. The van der Waals surface area contributed by atoms with Gasteiger partial charge in [-0.1, -0.05) is 0 Å². The molecule has 0 aliphatic rings. The lowest BCUT2D eigenvalue weighted by Crippen LogP contribution is -2.25. The Bertz CT molecular complexity index is 1330. The molecule has 0 saturated heterocycles. The molecule has 9 nitrogen and oxygen atoms in total. The Morgan fingerprint density at radius 1 is 1.28 bits per heavy atom. The number of rotatable bonds is 6. The van der Waals surface area contributed by atoms with E-state index in [0.717, 1.165) is 11.3 Å². The Labute approximate surface area is 183 Å². The Kier molecular flexibility index (Phi) is 5.62. The van der Waals surface area contributed by atoms with Crippen molar-refractivity contribution in [3.63, 3.8) is 0 Å². The van der Waals surface area contributed by atoms with Crippen LogP contribution in [0.1, 0.15) is 22.8 Å². The van der Waals surface area contributed by atoms with Crippen LogP contribution in [0.15, 0.2) is 30.6 Å². The molecule has 10 heteroatoms. The summed E-state index contributed by atoms with van der Waals surface area (Å²) in [6, 6.07) is 4.77. The quantitative estimate of drug-likeness (QED) is 0.424. The zero-order valence-electron chi connectivity index (χ0n) is 18.2. The molecular formula is C22H24FN7O2. The SMILES string of the molecule is COc1ncc2c(NC[C@H](C)N)ccc(C(=O)Nc3cc(F)c4nn(C)cc4c3C)c2n1. The summed E-state index contributed by atoms with van der Waals surface area (Å²) < 4.78 is 21.2. The number of fused-ring (bicyclic) bond motifs is 2. The third kappa shape index (κ3) is 3.92. The van der Waals surface area contributed by atoms with Gasteiger partial charge in [0, 0.05) is 60.2 Å². The van der Waals surface area contributed by atoms with E-state index in [-0.39, 0.29) is 17.6 Å². The third-order valence-corrected chi connectivity index (χ3v) is 5.15. The first kappa shape index (κ1) is 21.4. The monoisotopic (exact) mass is 437 g/mol. The van der Waals surface area contributed by atoms with Gasteiger partial charge in [-0.2, -0.15) is 10.1 Å². The first-order chi connectivity index (χ1) is 15.3. The lowest BCUT2D eigenvalue weighted by molar-refractivity contribution is 0.102. The van der Waals surface area contributed by atoms with Crippen molar-refractivity contribution in [2.75, 3.05) is 24.3 Å². The summed E-state index contributed by atoms with van der Waals surface area (Å²) in [7, 11) is 3.17. The highest BCUT2D eigenvalue weighted by Gasteiger charge is 2.19. The predicted octanol–water partition coefficient (Wildman–Crippen LogP) is 2.98. The number of methoxy groups -OCH3 is 1. The van der Waals surface area contributed by atoms with E-state index >= 15 is 0 Å². The first-order valence-corrected chi connectivity index (χ1v) is 10.1. The maximum absolute atomic E-state index is 14.6. The van der Waals surface area contributed by atoms with Gasteiger partial charge in [0.05, 0.1) is 18.2 Å². The van der Waals surface area contributed by atoms with Crippen molar-refractivity contribution < 1.29 is 13.9 Å². The van der Waals surface area contributed by atoms with Gasteiger partial charge in [0.1, 0.15) is 5.52 Å². The summed E-state index contributed by atoms with van der Waals surface area (Å²) in [6.07, 6.45) is 3.31. The van der Waals surface area contributed by atoms with Crippen LogP contribution in [0.25, 0.3) is 21.8 Å². The average molecular weight is 437 g/mol. The number of nitrogens with two attached hydrogens (primary N) is 1. The average Bonchev–Trinajstić information content (AvgIpc) is 3.17. The van der Waals surface area contributed by atoms with Gasteiger partial charge < -0.3 is 21.1 Å². The molecule has 0 fully saturated rings. The second-order valence-electron chi connectivity index (χ2n) is 7.69. The number of benzene rings is 2. The number of hydrogen-bond acceptors (Lipinski definition) is 7. The number of carbonyl (C=O) groups is 1. The maximum Gasteiger partial charge on any atom is 0.316 e. The van der Waals surface area contributed by atoms with Crippen LogP contribution < -0.4 is 21.1 Å². The van der Waals surface area contributed by atoms with Gasteiger partial charge in [-0.3, -0.25) is 9.48 Å². The summed E-state index contributed by atoms with van der Waals surface area (Å²) in [4.78, 5) is 21.8. The summed E-state index contributed by atoms with van der Waals surface area (Å²) >= 11 is 0. The van der Waals surface area contributed by atoms with Gasteiger partial charge in [-0.25, -0.2) is 9.37 Å². The first-order valence-electron chi connectivity index (χ1n) is 10.1. The number of anilines is 2. The van der Waals surface area contributed by atoms with E-state index in [1.807, 2.05) is 13.8 Å². The zero-order valence-corrected chi connectivity index (χ0v) is 18.2. The fourth-order valence-corrected chi connectivity index (χ4v) is 3.52. The molecule has 0 aliphatic heterocycles. The highest BCUT2D eigenvalue weighted by atomic mass is 19.1. The second-order valence-corrected chi connectivity index (χ2v) is 7.69. The molecule has 0 aliphatic carbocycles. The molecule has 4 N–H and O–H groups in total. The molecular weight excluding hydrogens is 413 g/mol. The number of ether oxygens (including phenoxy) is 1. The van der Waals surface area contributed by atoms with Crippen molar-refractivity contribution in [2.45, 2.75) is 19.9 Å². The number of halogens is 1. The van der Waals surface area contributed by atoms with E-state index in [2.05, 4.69) is 25.7 Å². The van der Waals surface area contributed by atoms with E-state index in [4.69, 9.17) is 10.5 Å². The van der Waals surface area contributed by atoms with Crippen LogP contribution in [-0.4, -0.2) is 45.4 Å². The minimum absolute atomic E-state index is 0.0625. The molecule has 166 valence electrons. The number of nitrogens with one attached hydrogen (secondary N) is 2. The van der Waals surface area contributed by atoms with Crippen LogP contribution in [0, 0.1) is 12.7 Å². The van der Waals surface area contributed by atoms with Crippen LogP contribution in [0.3, 0.4) is 0 Å². The van der Waals surface area contributed by atoms with Crippen molar-refractivity contribution in [3.8, 4) is 6.01 Å². The largest absolute Gasteiger partial charge is 0.467 e. The fraction of sp³-hybridized carbons (Fsp3) is 0.273. The van der Waals surface area contributed by atoms with Crippen LogP contribution >= 0.6 is 0 Å². The third-order valence-electron chi connectivity index (χ3n) is 5.15. The molecule has 1 atom stereocenters. The van der Waals surface area contributed by atoms with Crippen molar-refractivity contribution in [1.29, 1.82) is 0 Å². The molecule has 0 bridgehead atoms. The fourth-order valence-electron chi connectivity index (χ4n) is 3.52. The number of amides is 1. The standard InChI is InChI=1S/C22H24FN7O2/c1-11(24)8-25-17-6-5-13(19-14(17)9-26-22(28-19)32-4)21(31)27-18-7-16(23)20-15(12(18)2)10-30(3)29-20/h5-7,9-11,25H,8,24H2,1-4H3,(H,27,31)/t11-/m0/s1. The van der Waals surface area contributed by atoms with Crippen LogP contribution in [0.5, 0.6) is 6.01 Å². The van der Waals surface area contributed by atoms with E-state index in [1.54, 1.807) is 31.6 Å². The van der Waals surface area contributed by atoms with Gasteiger partial charge in [0.25, 0.3) is 5.91 Å². The van der Waals surface area contributed by atoms with E-state index < -0.39 is 11.7 Å². The summed E-state index contributed by atoms with van der Waals surface area (Å²) in [6.45, 7) is 4.23. The van der Waals surface area contributed by atoms with Crippen molar-refractivity contribution in [2.24, 2.45) is 12.8 Å². The molecule has 4 aromatic rings. The van der Waals surface area contributed by atoms with Crippen LogP contribution in [0.4, 0.5) is 15.8 Å². The molecule has 2 aromatic carbocycles. The molecule has 32 heavy (non-hydrogen) atoms. The van der Waals surface area contributed by atoms with Gasteiger partial charge in [0.2, 0.25) is 0 Å². The lowest BCUT2D eigenvalue weighted by atomic mass is 10.1. The molecule has 2 heterocycles. The summed E-state index contributed by atoms with van der Waals surface area (Å²) in [5, 5.41) is 11.5. The highest BCUT2D eigenvalue weighted by Crippen LogP contribution is 2.30. The molecule has 1 amide bonds. The predicted molar refractivity (Wildman–Crippen MR) is 122 cm³/mol. The van der Waals surface area contributed by atoms with Crippen molar-refractivity contribution in [3.05, 3.63) is 47.5 Å². The zero-order chi connectivity index (χ0) is 23.0. The Morgan fingerprint density at radius 3 is 2.78 bits per heavy atom. The molecule has 4 rings (SSSR count). The van der Waals surface area contributed by atoms with Crippen LogP contribution in [0.2, 0.25) is 0 Å². The van der Waals surface area contributed by atoms with E-state index in [0.29, 0.717) is 34.1 Å². The summed E-state index contributed by atoms with van der Waals surface area (Å²) in [5.41, 5.74) is 8.64. The Morgan fingerprint density at radius 2 is 2.06 bits per heavy atom. The van der Waals surface area contributed by atoms with Crippen molar-refractivity contribution >= 4 is 39.1 Å². The number of carbonyl (C=O) groups excluding carboxylic acids is 1. The number of aromatic nitrogens is 4. The molecule has 0 saturated carbocycles. The number of nitrogens with zero attached hydrogens (tertiary/aromatic N) is 4. The molecule has 2 aromatic heterocycles. The minimum Gasteiger partial charge on any atom is -0.467 e. The smallest absolute Gasteiger partial charge is 0.316 e. The number of hydrogen-bond donors (Lipinski definition) is 3. The van der Waals surface area contributed by atoms with E-state index in [9.17, 15) is 9.18 Å². The Hall–Kier alpha value is -3.79. The van der Waals surface area contributed by atoms with Gasteiger partial charge >= 0.3 is 6.01 Å².